The van der Waals surface area contributed by atoms with Crippen molar-refractivity contribution in [2.45, 2.75) is 24.5 Å². The van der Waals surface area contributed by atoms with Crippen molar-refractivity contribution < 1.29 is 0 Å². The van der Waals surface area contributed by atoms with Crippen LogP contribution in [0.15, 0.2) is 6.20 Å². The van der Waals surface area contributed by atoms with Crippen LogP contribution in [0.4, 0.5) is 0 Å². The summed E-state index contributed by atoms with van der Waals surface area (Å²) in [5.74, 6) is 2.36. The Balaban J connectivity index is 2.01. The molecule has 1 aliphatic heterocycles. The zero-order valence-corrected chi connectivity index (χ0v) is 9.43. The minimum atomic E-state index is 0.673. The predicted molar refractivity (Wildman–Crippen MR) is 60.7 cm³/mol. The number of likely N-dealkylation sites (tertiary alicyclic amines) is 1. The Bertz CT molecular complexity index is 289. The number of hydrogen-bond donors (Lipinski definition) is 2. The Morgan fingerprint density at radius 3 is 2.86 bits per heavy atom. The van der Waals surface area contributed by atoms with Crippen LogP contribution in [0.1, 0.15) is 30.3 Å². The van der Waals surface area contributed by atoms with Gasteiger partial charge in [-0.2, -0.15) is 12.6 Å². The molecule has 1 saturated heterocycles. The zero-order valence-electron chi connectivity index (χ0n) is 8.53. The summed E-state index contributed by atoms with van der Waals surface area (Å²) in [6, 6.07) is 0. The first-order valence-corrected chi connectivity index (χ1v) is 5.76. The molecule has 3 nitrogen and oxygen atoms in total. The van der Waals surface area contributed by atoms with Crippen LogP contribution in [0.2, 0.25) is 0 Å². The summed E-state index contributed by atoms with van der Waals surface area (Å²) in [4.78, 5) is 10.0. The number of piperidine rings is 1. The van der Waals surface area contributed by atoms with Crippen molar-refractivity contribution in [2.24, 2.45) is 0 Å². The predicted octanol–water partition coefficient (Wildman–Crippen LogP) is 1.65. The fourth-order valence-electron chi connectivity index (χ4n) is 1.99. The van der Waals surface area contributed by atoms with Gasteiger partial charge in [0.15, 0.2) is 0 Å². The van der Waals surface area contributed by atoms with Crippen molar-refractivity contribution in [2.75, 3.05) is 20.1 Å². The Hall–Kier alpha value is -0.480. The first kappa shape index (κ1) is 10.1. The van der Waals surface area contributed by atoms with Crippen LogP contribution in [0.25, 0.3) is 0 Å². The molecule has 0 spiro atoms. The third kappa shape index (κ3) is 2.12. The van der Waals surface area contributed by atoms with Crippen molar-refractivity contribution >= 4 is 12.6 Å². The molecule has 78 valence electrons. The van der Waals surface area contributed by atoms with Crippen LogP contribution in [-0.2, 0) is 5.75 Å². The minimum absolute atomic E-state index is 0.673. The van der Waals surface area contributed by atoms with Gasteiger partial charge in [0.2, 0.25) is 0 Å². The van der Waals surface area contributed by atoms with Gasteiger partial charge in [-0.1, -0.05) is 0 Å². The molecule has 1 aliphatic rings. The van der Waals surface area contributed by atoms with Crippen LogP contribution in [0, 0.1) is 0 Å². The Labute approximate surface area is 90.3 Å². The molecule has 0 aromatic carbocycles. The van der Waals surface area contributed by atoms with E-state index in [1.54, 1.807) is 0 Å². The lowest BCUT2D eigenvalue weighted by Gasteiger charge is -2.28. The van der Waals surface area contributed by atoms with Gasteiger partial charge in [0.05, 0.1) is 0 Å². The van der Waals surface area contributed by atoms with E-state index in [4.69, 9.17) is 0 Å². The maximum atomic E-state index is 4.28. The van der Waals surface area contributed by atoms with E-state index in [1.807, 2.05) is 6.20 Å². The van der Waals surface area contributed by atoms with Gasteiger partial charge in [-0.25, -0.2) is 4.98 Å². The molecular weight excluding hydrogens is 194 g/mol. The molecule has 0 saturated carbocycles. The van der Waals surface area contributed by atoms with Crippen LogP contribution < -0.4 is 0 Å². The summed E-state index contributed by atoms with van der Waals surface area (Å²) in [6.07, 6.45) is 4.46. The quantitative estimate of drug-likeness (QED) is 0.729. The van der Waals surface area contributed by atoms with Crippen molar-refractivity contribution in [3.05, 3.63) is 17.7 Å². The number of aromatic nitrogens is 2. The number of nitrogens with one attached hydrogen (secondary N) is 1. The highest BCUT2D eigenvalue weighted by Crippen LogP contribution is 2.25. The Morgan fingerprint density at radius 1 is 1.57 bits per heavy atom. The van der Waals surface area contributed by atoms with E-state index in [0.717, 1.165) is 5.82 Å². The molecule has 1 aromatic heterocycles. The molecule has 0 radical (unpaired) electrons. The van der Waals surface area contributed by atoms with Crippen molar-refractivity contribution in [1.29, 1.82) is 0 Å². The molecule has 2 rings (SSSR count). The van der Waals surface area contributed by atoms with Gasteiger partial charge >= 0.3 is 0 Å². The fraction of sp³-hybridized carbons (Fsp3) is 0.700. The third-order valence-corrected chi connectivity index (χ3v) is 3.26. The largest absolute Gasteiger partial charge is 0.345 e. The summed E-state index contributed by atoms with van der Waals surface area (Å²) in [5.41, 5.74) is 1.29. The molecule has 0 unspecified atom stereocenters. The molecule has 0 atom stereocenters. The standard InChI is InChI=1S/C10H17N3S/c1-13-4-2-8(3-5-13)9-6-11-10(7-14)12-9/h6,8,14H,2-5,7H2,1H3,(H,11,12). The minimum Gasteiger partial charge on any atom is -0.345 e. The molecule has 0 amide bonds. The Morgan fingerprint density at radius 2 is 2.29 bits per heavy atom. The van der Waals surface area contributed by atoms with Gasteiger partial charge in [-0.05, 0) is 33.0 Å². The van der Waals surface area contributed by atoms with Crippen LogP contribution in [0.3, 0.4) is 0 Å². The molecule has 2 heterocycles. The van der Waals surface area contributed by atoms with Gasteiger partial charge < -0.3 is 9.88 Å². The smallest absolute Gasteiger partial charge is 0.115 e. The average molecular weight is 211 g/mol. The van der Waals surface area contributed by atoms with E-state index in [1.165, 1.54) is 31.6 Å². The van der Waals surface area contributed by atoms with E-state index in [9.17, 15) is 0 Å². The van der Waals surface area contributed by atoms with Crippen molar-refractivity contribution in [3.63, 3.8) is 0 Å². The lowest BCUT2D eigenvalue weighted by atomic mass is 9.94. The van der Waals surface area contributed by atoms with Gasteiger partial charge in [-0.15, -0.1) is 0 Å². The molecule has 0 bridgehead atoms. The lowest BCUT2D eigenvalue weighted by Crippen LogP contribution is -2.29. The molecule has 1 aromatic rings. The second kappa shape index (κ2) is 4.36. The van der Waals surface area contributed by atoms with E-state index in [2.05, 4.69) is 34.5 Å². The maximum Gasteiger partial charge on any atom is 0.115 e. The highest BCUT2D eigenvalue weighted by atomic mass is 32.1. The van der Waals surface area contributed by atoms with Crippen molar-refractivity contribution in [1.82, 2.24) is 14.9 Å². The number of imidazole rings is 1. The molecule has 1 N–H and O–H groups in total. The molecule has 1 fully saturated rings. The zero-order chi connectivity index (χ0) is 9.97. The van der Waals surface area contributed by atoms with E-state index in [0.29, 0.717) is 11.7 Å². The second-order valence-corrected chi connectivity index (χ2v) is 4.34. The van der Waals surface area contributed by atoms with Crippen LogP contribution in [-0.4, -0.2) is 35.0 Å². The number of aromatic amines is 1. The van der Waals surface area contributed by atoms with Gasteiger partial charge in [0, 0.05) is 23.6 Å². The first-order chi connectivity index (χ1) is 6.79. The topological polar surface area (TPSA) is 31.9 Å². The summed E-state index contributed by atoms with van der Waals surface area (Å²) in [7, 11) is 2.18. The molecule has 0 aliphatic carbocycles. The summed E-state index contributed by atoms with van der Waals surface area (Å²) in [6.45, 7) is 2.39. The number of H-pyrrole nitrogens is 1. The monoisotopic (exact) mass is 211 g/mol. The highest BCUT2D eigenvalue weighted by molar-refractivity contribution is 7.79. The van der Waals surface area contributed by atoms with E-state index < -0.39 is 0 Å². The van der Waals surface area contributed by atoms with Gasteiger partial charge in [0.1, 0.15) is 5.82 Å². The van der Waals surface area contributed by atoms with Crippen LogP contribution in [0.5, 0.6) is 0 Å². The average Bonchev–Trinajstić information content (AvgIpc) is 2.67. The highest BCUT2D eigenvalue weighted by Gasteiger charge is 2.19. The third-order valence-electron chi connectivity index (χ3n) is 2.96. The number of thiol groups is 1. The number of nitrogens with zero attached hydrogens (tertiary/aromatic N) is 2. The Kier molecular flexibility index (Phi) is 3.13. The van der Waals surface area contributed by atoms with E-state index in [-0.39, 0.29) is 0 Å². The molecular formula is C10H17N3S. The van der Waals surface area contributed by atoms with Gasteiger partial charge in [-0.3, -0.25) is 0 Å². The SMILES string of the molecule is CN1CCC(c2cnc(CS)[nH]2)CC1. The van der Waals surface area contributed by atoms with Gasteiger partial charge in [0.25, 0.3) is 0 Å². The summed E-state index contributed by atoms with van der Waals surface area (Å²) in [5, 5.41) is 0. The molecule has 14 heavy (non-hydrogen) atoms. The second-order valence-electron chi connectivity index (χ2n) is 4.02. The van der Waals surface area contributed by atoms with E-state index >= 15 is 0 Å². The fourth-order valence-corrected chi connectivity index (χ4v) is 2.15. The van der Waals surface area contributed by atoms with Crippen LogP contribution >= 0.6 is 12.6 Å². The first-order valence-electron chi connectivity index (χ1n) is 5.13. The van der Waals surface area contributed by atoms with Crippen molar-refractivity contribution in [3.8, 4) is 0 Å². The number of rotatable bonds is 2. The summed E-state index contributed by atoms with van der Waals surface area (Å²) >= 11 is 4.20. The normalized spacial score (nSPS) is 20.1. The maximum absolute atomic E-state index is 4.28. The molecule has 4 heteroatoms. The summed E-state index contributed by atoms with van der Waals surface area (Å²) < 4.78 is 0. The lowest BCUT2D eigenvalue weighted by molar-refractivity contribution is 0.253. The number of hydrogen-bond acceptors (Lipinski definition) is 3.